The molecule has 1 fully saturated rings. The number of carbonyl (C=O) groups excluding carboxylic acids is 1. The van der Waals surface area contributed by atoms with Gasteiger partial charge in [0.15, 0.2) is 0 Å². The Kier molecular flexibility index (Phi) is 6.02. The lowest BCUT2D eigenvalue weighted by atomic mass is 10.1. The second kappa shape index (κ2) is 7.79. The minimum atomic E-state index is -0.0732. The number of hydrogen-bond acceptors (Lipinski definition) is 4. The number of phenolic OH excluding ortho intramolecular Hbond substituents is 1. The van der Waals surface area contributed by atoms with Crippen molar-refractivity contribution < 1.29 is 9.90 Å². The third kappa shape index (κ3) is 4.69. The molecule has 1 aromatic rings. The van der Waals surface area contributed by atoms with Gasteiger partial charge in [0.1, 0.15) is 5.75 Å². The Morgan fingerprint density at radius 3 is 2.30 bits per heavy atom. The maximum Gasteiger partial charge on any atom is 0.239 e. The number of likely N-dealkylation sites (N-methyl/N-ethyl adjacent to an activating group) is 2. The minimum absolute atomic E-state index is 0.0732. The van der Waals surface area contributed by atoms with E-state index in [9.17, 15) is 9.90 Å². The number of carbonyl (C=O) groups is 1. The highest BCUT2D eigenvalue weighted by molar-refractivity contribution is 5.81. The van der Waals surface area contributed by atoms with E-state index in [-0.39, 0.29) is 23.7 Å². The standard InChI is InChI=1S/C18H29N3O2/c1-14(13-16-5-7-17(22)8-6-16)20(4)18(23)15(2)21-11-9-19(3)10-12-21/h5-8,14-15,22H,9-13H2,1-4H3/t14-,15+/m0/s1. The van der Waals surface area contributed by atoms with Crippen LogP contribution in [-0.4, -0.2) is 78.1 Å². The highest BCUT2D eigenvalue weighted by Gasteiger charge is 2.28. The van der Waals surface area contributed by atoms with E-state index < -0.39 is 0 Å². The summed E-state index contributed by atoms with van der Waals surface area (Å²) in [7, 11) is 4.01. The SMILES string of the molecule is C[C@H](C(=O)N(C)[C@@H](C)Cc1ccc(O)cc1)N1CCN(C)CC1. The summed E-state index contributed by atoms with van der Waals surface area (Å²) >= 11 is 0. The van der Waals surface area contributed by atoms with E-state index in [0.717, 1.165) is 38.2 Å². The van der Waals surface area contributed by atoms with Gasteiger partial charge in [-0.3, -0.25) is 9.69 Å². The first-order chi connectivity index (χ1) is 10.9. The van der Waals surface area contributed by atoms with Gasteiger partial charge < -0.3 is 14.9 Å². The van der Waals surface area contributed by atoms with Gasteiger partial charge >= 0.3 is 0 Å². The van der Waals surface area contributed by atoms with E-state index in [1.807, 2.05) is 31.0 Å². The predicted molar refractivity (Wildman–Crippen MR) is 92.6 cm³/mol. The summed E-state index contributed by atoms with van der Waals surface area (Å²) in [5, 5.41) is 9.35. The number of nitrogens with zero attached hydrogens (tertiary/aromatic N) is 3. The molecule has 23 heavy (non-hydrogen) atoms. The van der Waals surface area contributed by atoms with Crippen LogP contribution in [0.4, 0.5) is 0 Å². The molecule has 5 heteroatoms. The Hall–Kier alpha value is -1.59. The van der Waals surface area contributed by atoms with Gasteiger partial charge in [-0.25, -0.2) is 0 Å². The van der Waals surface area contributed by atoms with Crippen LogP contribution in [0.15, 0.2) is 24.3 Å². The maximum absolute atomic E-state index is 12.7. The van der Waals surface area contributed by atoms with Crippen molar-refractivity contribution in [3.63, 3.8) is 0 Å². The van der Waals surface area contributed by atoms with Crippen molar-refractivity contribution in [1.82, 2.24) is 14.7 Å². The molecular weight excluding hydrogens is 290 g/mol. The zero-order valence-electron chi connectivity index (χ0n) is 14.7. The van der Waals surface area contributed by atoms with Gasteiger partial charge in [0, 0.05) is 39.3 Å². The summed E-state index contributed by atoms with van der Waals surface area (Å²) in [4.78, 5) is 19.2. The smallest absolute Gasteiger partial charge is 0.239 e. The molecule has 0 bridgehead atoms. The molecular formula is C18H29N3O2. The quantitative estimate of drug-likeness (QED) is 0.892. The van der Waals surface area contributed by atoms with Crippen LogP contribution in [0.3, 0.4) is 0 Å². The molecule has 2 atom stereocenters. The second-order valence-electron chi connectivity index (χ2n) is 6.68. The van der Waals surface area contributed by atoms with E-state index in [4.69, 9.17) is 0 Å². The van der Waals surface area contributed by atoms with E-state index in [0.29, 0.717) is 0 Å². The molecule has 1 N–H and O–H groups in total. The molecule has 0 saturated carbocycles. The van der Waals surface area contributed by atoms with E-state index >= 15 is 0 Å². The summed E-state index contributed by atoms with van der Waals surface area (Å²) in [6.45, 7) is 8.01. The van der Waals surface area contributed by atoms with Crippen molar-refractivity contribution in [2.45, 2.75) is 32.4 Å². The van der Waals surface area contributed by atoms with Crippen LogP contribution >= 0.6 is 0 Å². The fraction of sp³-hybridized carbons (Fsp3) is 0.611. The van der Waals surface area contributed by atoms with Crippen LogP contribution < -0.4 is 0 Å². The summed E-state index contributed by atoms with van der Waals surface area (Å²) in [6, 6.07) is 7.26. The number of phenols is 1. The summed E-state index contributed by atoms with van der Waals surface area (Å²) < 4.78 is 0. The molecule has 1 saturated heterocycles. The second-order valence-corrected chi connectivity index (χ2v) is 6.68. The van der Waals surface area contributed by atoms with E-state index in [1.54, 1.807) is 12.1 Å². The van der Waals surface area contributed by atoms with Crippen molar-refractivity contribution in [2.24, 2.45) is 0 Å². The number of aromatic hydroxyl groups is 1. The third-order valence-corrected chi connectivity index (χ3v) is 4.92. The zero-order valence-corrected chi connectivity index (χ0v) is 14.7. The molecule has 0 unspecified atom stereocenters. The number of benzene rings is 1. The first kappa shape index (κ1) is 17.8. The molecule has 0 aliphatic carbocycles. The van der Waals surface area contributed by atoms with Gasteiger partial charge in [0.25, 0.3) is 0 Å². The van der Waals surface area contributed by atoms with Gasteiger partial charge in [-0.05, 0) is 45.0 Å². The first-order valence-corrected chi connectivity index (χ1v) is 8.35. The Bertz CT molecular complexity index is 510. The Morgan fingerprint density at radius 2 is 1.74 bits per heavy atom. The Balaban J connectivity index is 1.91. The Morgan fingerprint density at radius 1 is 1.17 bits per heavy atom. The third-order valence-electron chi connectivity index (χ3n) is 4.92. The van der Waals surface area contributed by atoms with Crippen molar-refractivity contribution in [3.05, 3.63) is 29.8 Å². The normalized spacial score (nSPS) is 19.3. The largest absolute Gasteiger partial charge is 0.508 e. The van der Waals surface area contributed by atoms with Crippen LogP contribution in [0.5, 0.6) is 5.75 Å². The lowest BCUT2D eigenvalue weighted by Crippen LogP contribution is -2.54. The maximum atomic E-state index is 12.7. The van der Waals surface area contributed by atoms with Crippen LogP contribution in [0.25, 0.3) is 0 Å². The lowest BCUT2D eigenvalue weighted by molar-refractivity contribution is -0.137. The topological polar surface area (TPSA) is 47.0 Å². The average Bonchev–Trinajstić information content (AvgIpc) is 2.55. The zero-order chi connectivity index (χ0) is 17.0. The molecule has 0 aromatic heterocycles. The van der Waals surface area contributed by atoms with Gasteiger partial charge in [-0.2, -0.15) is 0 Å². The van der Waals surface area contributed by atoms with Crippen molar-refractivity contribution in [3.8, 4) is 5.75 Å². The van der Waals surface area contributed by atoms with Crippen LogP contribution in [0, 0.1) is 0 Å². The predicted octanol–water partition coefficient (Wildman–Crippen LogP) is 1.42. The molecule has 2 rings (SSSR count). The van der Waals surface area contributed by atoms with Crippen LogP contribution in [-0.2, 0) is 11.2 Å². The summed E-state index contributed by atoms with van der Waals surface area (Å²) in [6.07, 6.45) is 0.790. The van der Waals surface area contributed by atoms with Crippen molar-refractivity contribution in [1.29, 1.82) is 0 Å². The average molecular weight is 319 g/mol. The number of amides is 1. The number of piperazine rings is 1. The molecule has 1 aliphatic rings. The molecule has 1 aliphatic heterocycles. The lowest BCUT2D eigenvalue weighted by Gasteiger charge is -2.38. The monoisotopic (exact) mass is 319 g/mol. The molecule has 1 aromatic carbocycles. The molecule has 0 radical (unpaired) electrons. The van der Waals surface area contributed by atoms with E-state index in [2.05, 4.69) is 23.8 Å². The fourth-order valence-corrected chi connectivity index (χ4v) is 2.99. The van der Waals surface area contributed by atoms with E-state index in [1.165, 1.54) is 0 Å². The van der Waals surface area contributed by atoms with Crippen LogP contribution in [0.2, 0.25) is 0 Å². The highest BCUT2D eigenvalue weighted by Crippen LogP contribution is 2.15. The molecule has 1 amide bonds. The Labute approximate surface area is 139 Å². The van der Waals surface area contributed by atoms with Gasteiger partial charge in [0.05, 0.1) is 6.04 Å². The number of rotatable bonds is 5. The fourth-order valence-electron chi connectivity index (χ4n) is 2.99. The van der Waals surface area contributed by atoms with Gasteiger partial charge in [-0.1, -0.05) is 12.1 Å². The van der Waals surface area contributed by atoms with Crippen molar-refractivity contribution in [2.75, 3.05) is 40.3 Å². The molecule has 5 nitrogen and oxygen atoms in total. The van der Waals surface area contributed by atoms with Crippen LogP contribution in [0.1, 0.15) is 19.4 Å². The van der Waals surface area contributed by atoms with Gasteiger partial charge in [0.2, 0.25) is 5.91 Å². The minimum Gasteiger partial charge on any atom is -0.508 e. The molecule has 0 spiro atoms. The number of hydrogen-bond donors (Lipinski definition) is 1. The summed E-state index contributed by atoms with van der Waals surface area (Å²) in [5.74, 6) is 0.454. The van der Waals surface area contributed by atoms with Crippen molar-refractivity contribution >= 4 is 5.91 Å². The highest BCUT2D eigenvalue weighted by atomic mass is 16.3. The molecule has 1 heterocycles. The first-order valence-electron chi connectivity index (χ1n) is 8.35. The van der Waals surface area contributed by atoms with Gasteiger partial charge in [-0.15, -0.1) is 0 Å². The summed E-state index contributed by atoms with van der Waals surface area (Å²) in [5.41, 5.74) is 1.13. The molecule has 128 valence electrons.